The van der Waals surface area contributed by atoms with Gasteiger partial charge in [-0.2, -0.15) is 26.3 Å². The first-order chi connectivity index (χ1) is 12.6. The lowest BCUT2D eigenvalue weighted by Crippen LogP contribution is -2.30. The fourth-order valence-corrected chi connectivity index (χ4v) is 3.39. The number of unbranched alkanes of at least 4 members (excludes halogenated alkanes) is 1. The standard InChI is InChI=1S/C10H21N3.C2F6NO4S2/c1-2-3-6-12-8-9-13(10-12)7-4-5-11;3-1(4,5)14(10,11)9-15(12,13)2(6,7)8/h8-9H,2-7,10-11H2,1H3;/q;-1. The Morgan fingerprint density at radius 1 is 0.893 bits per heavy atom. The number of hydrogen-bond acceptors (Lipinski definition) is 7. The summed E-state index contributed by atoms with van der Waals surface area (Å²) < 4.78 is 109. The number of sulfonamides is 2. The Morgan fingerprint density at radius 3 is 1.61 bits per heavy atom. The first-order valence-electron chi connectivity index (χ1n) is 7.80. The average Bonchev–Trinajstić information content (AvgIpc) is 2.96. The molecule has 0 aromatic rings. The maximum absolute atomic E-state index is 11.4. The van der Waals surface area contributed by atoms with Gasteiger partial charge in [-0.1, -0.05) is 13.3 Å². The molecule has 0 unspecified atom stereocenters. The lowest BCUT2D eigenvalue weighted by molar-refractivity contribution is -0.0444. The third-order valence-corrected chi connectivity index (χ3v) is 5.82. The van der Waals surface area contributed by atoms with Gasteiger partial charge in [-0.3, -0.25) is 0 Å². The average molecular weight is 463 g/mol. The first-order valence-corrected chi connectivity index (χ1v) is 10.7. The molecule has 0 fully saturated rings. The van der Waals surface area contributed by atoms with Crippen molar-refractivity contribution in [3.8, 4) is 0 Å². The van der Waals surface area contributed by atoms with E-state index in [9.17, 15) is 43.2 Å². The number of nitrogens with zero attached hydrogens (tertiary/aromatic N) is 3. The van der Waals surface area contributed by atoms with Crippen LogP contribution in [0.2, 0.25) is 0 Å². The van der Waals surface area contributed by atoms with Crippen molar-refractivity contribution in [2.24, 2.45) is 5.73 Å². The normalized spacial score (nSPS) is 15.6. The summed E-state index contributed by atoms with van der Waals surface area (Å²) in [4.78, 5) is 4.68. The van der Waals surface area contributed by atoms with E-state index in [4.69, 9.17) is 5.73 Å². The molecule has 16 heteroatoms. The number of alkyl halides is 6. The van der Waals surface area contributed by atoms with Crippen LogP contribution in [0, 0.1) is 0 Å². The van der Waals surface area contributed by atoms with Crippen LogP contribution in [0.4, 0.5) is 26.3 Å². The Kier molecular flexibility index (Phi) is 10.0. The number of rotatable bonds is 8. The predicted molar refractivity (Wildman–Crippen MR) is 89.3 cm³/mol. The summed E-state index contributed by atoms with van der Waals surface area (Å²) in [5.74, 6) is 0. The molecule has 1 heterocycles. The van der Waals surface area contributed by atoms with Crippen molar-refractivity contribution in [3.05, 3.63) is 16.5 Å². The van der Waals surface area contributed by atoms with Crippen LogP contribution in [-0.4, -0.2) is 64.0 Å². The molecule has 1 aliphatic rings. The molecule has 0 spiro atoms. The van der Waals surface area contributed by atoms with E-state index in [2.05, 4.69) is 29.1 Å². The second-order valence-electron chi connectivity index (χ2n) is 5.48. The molecule has 0 atom stereocenters. The monoisotopic (exact) mass is 463 g/mol. The molecule has 0 radical (unpaired) electrons. The zero-order valence-electron chi connectivity index (χ0n) is 14.7. The molecule has 0 aromatic heterocycles. The van der Waals surface area contributed by atoms with Crippen molar-refractivity contribution in [2.75, 3.05) is 26.3 Å². The van der Waals surface area contributed by atoms with E-state index in [0.29, 0.717) is 0 Å². The van der Waals surface area contributed by atoms with E-state index < -0.39 is 31.1 Å². The third-order valence-electron chi connectivity index (χ3n) is 3.08. The summed E-state index contributed by atoms with van der Waals surface area (Å²) in [6.45, 7) is 6.35. The van der Waals surface area contributed by atoms with E-state index in [1.54, 1.807) is 0 Å². The van der Waals surface area contributed by atoms with E-state index in [1.807, 2.05) is 0 Å². The van der Waals surface area contributed by atoms with Gasteiger partial charge in [0.15, 0.2) is 20.0 Å². The Bertz CT molecular complexity index is 649. The van der Waals surface area contributed by atoms with E-state index >= 15 is 0 Å². The summed E-state index contributed by atoms with van der Waals surface area (Å²) in [5, 5.41) is 0. The zero-order valence-corrected chi connectivity index (χ0v) is 16.4. The summed E-state index contributed by atoms with van der Waals surface area (Å²) >= 11 is 0. The molecular formula is C12H21F6N4O4S2-. The van der Waals surface area contributed by atoms with E-state index in [1.165, 1.54) is 19.4 Å². The number of nitrogens with two attached hydrogens (primary N) is 1. The van der Waals surface area contributed by atoms with Crippen LogP contribution in [-0.2, 0) is 20.0 Å². The maximum Gasteiger partial charge on any atom is 0.480 e. The summed E-state index contributed by atoms with van der Waals surface area (Å²) in [5.41, 5.74) is -6.95. The molecule has 0 bridgehead atoms. The molecule has 168 valence electrons. The summed E-state index contributed by atoms with van der Waals surface area (Å²) in [6, 6.07) is 0. The van der Waals surface area contributed by atoms with Crippen LogP contribution in [0.1, 0.15) is 26.2 Å². The summed E-state index contributed by atoms with van der Waals surface area (Å²) in [6.07, 6.45) is 8.01. The minimum atomic E-state index is -6.72. The molecule has 0 aliphatic carbocycles. The molecule has 0 aromatic carbocycles. The van der Waals surface area contributed by atoms with Gasteiger partial charge >= 0.3 is 11.0 Å². The topological polar surface area (TPSA) is 115 Å². The van der Waals surface area contributed by atoms with Gasteiger partial charge in [-0.25, -0.2) is 16.8 Å². The minimum absolute atomic E-state index is 0.778. The zero-order chi connectivity index (χ0) is 22.2. The Labute approximate surface area is 159 Å². The van der Waals surface area contributed by atoms with Gasteiger partial charge in [-0.15, -0.1) is 0 Å². The smallest absolute Gasteiger partial charge is 0.421 e. The van der Waals surface area contributed by atoms with Crippen molar-refractivity contribution in [2.45, 2.75) is 37.2 Å². The van der Waals surface area contributed by atoms with Gasteiger partial charge < -0.3 is 19.7 Å². The van der Waals surface area contributed by atoms with Crippen LogP contribution in [0.15, 0.2) is 12.4 Å². The second kappa shape index (κ2) is 10.5. The van der Waals surface area contributed by atoms with Crippen molar-refractivity contribution in [1.29, 1.82) is 0 Å². The fraction of sp³-hybridized carbons (Fsp3) is 0.833. The molecule has 28 heavy (non-hydrogen) atoms. The highest BCUT2D eigenvalue weighted by Crippen LogP contribution is 2.36. The van der Waals surface area contributed by atoms with Crippen LogP contribution >= 0.6 is 0 Å². The molecular weight excluding hydrogens is 442 g/mol. The Balaban J connectivity index is 0.000000525. The molecule has 2 N–H and O–H groups in total. The highest BCUT2D eigenvalue weighted by atomic mass is 32.3. The maximum atomic E-state index is 11.4. The quantitative estimate of drug-likeness (QED) is 0.549. The van der Waals surface area contributed by atoms with Crippen LogP contribution < -0.4 is 5.73 Å². The fourth-order valence-electron chi connectivity index (χ4n) is 1.68. The van der Waals surface area contributed by atoms with Gasteiger partial charge in [0.2, 0.25) is 0 Å². The lowest BCUT2D eigenvalue weighted by atomic mass is 10.3. The molecule has 0 saturated heterocycles. The van der Waals surface area contributed by atoms with Gasteiger partial charge in [0.1, 0.15) is 0 Å². The van der Waals surface area contributed by atoms with Gasteiger partial charge in [0, 0.05) is 25.5 Å². The first kappa shape index (κ1) is 26.7. The van der Waals surface area contributed by atoms with E-state index in [0.717, 1.165) is 30.3 Å². The third kappa shape index (κ3) is 8.83. The van der Waals surface area contributed by atoms with Crippen LogP contribution in [0.25, 0.3) is 4.13 Å². The molecule has 1 aliphatic heterocycles. The minimum Gasteiger partial charge on any atom is -0.421 e. The molecule has 0 amide bonds. The van der Waals surface area contributed by atoms with Crippen LogP contribution in [0.3, 0.4) is 0 Å². The second-order valence-corrected chi connectivity index (χ2v) is 8.90. The molecule has 0 saturated carbocycles. The molecule has 1 rings (SSSR count). The SMILES string of the molecule is CCCCN1C=CN(CCCN)C1.O=S(=O)([N-]S(=O)(=O)C(F)(F)F)C(F)(F)F. The van der Waals surface area contributed by atoms with Crippen LogP contribution in [0.5, 0.6) is 0 Å². The number of halogens is 6. The Hall–Kier alpha value is -1.26. The van der Waals surface area contributed by atoms with Crippen molar-refractivity contribution in [1.82, 2.24) is 9.80 Å². The van der Waals surface area contributed by atoms with Gasteiger partial charge in [0.05, 0.1) is 6.67 Å². The van der Waals surface area contributed by atoms with Gasteiger partial charge in [0.25, 0.3) is 0 Å². The van der Waals surface area contributed by atoms with Crippen molar-refractivity contribution >= 4 is 20.0 Å². The van der Waals surface area contributed by atoms with Gasteiger partial charge in [-0.05, 0) is 19.4 Å². The Morgan fingerprint density at radius 2 is 1.29 bits per heavy atom. The largest absolute Gasteiger partial charge is 0.480 e. The number of hydrogen-bond donors (Lipinski definition) is 1. The molecule has 8 nitrogen and oxygen atoms in total. The highest BCUT2D eigenvalue weighted by molar-refractivity contribution is 8.13. The predicted octanol–water partition coefficient (Wildman–Crippen LogP) is 2.24. The van der Waals surface area contributed by atoms with Crippen molar-refractivity contribution in [3.63, 3.8) is 0 Å². The van der Waals surface area contributed by atoms with E-state index in [-0.39, 0.29) is 0 Å². The van der Waals surface area contributed by atoms with Crippen molar-refractivity contribution < 1.29 is 43.2 Å². The summed E-state index contributed by atoms with van der Waals surface area (Å²) in [7, 11) is -13.4. The lowest BCUT2D eigenvalue weighted by Gasteiger charge is -2.22. The highest BCUT2D eigenvalue weighted by Gasteiger charge is 2.46.